The van der Waals surface area contributed by atoms with E-state index in [0.717, 1.165) is 6.08 Å². The summed E-state index contributed by atoms with van der Waals surface area (Å²) in [6, 6.07) is 2.68. The van der Waals surface area contributed by atoms with Crippen molar-refractivity contribution in [2.24, 2.45) is 0 Å². The van der Waals surface area contributed by atoms with E-state index in [1.807, 2.05) is 0 Å². The Bertz CT molecular complexity index is 591. The molecule has 0 aliphatic heterocycles. The average molecular weight is 279 g/mol. The molecule has 0 aliphatic rings. The second-order valence-electron chi connectivity index (χ2n) is 3.82. The Hall–Kier alpha value is -2.70. The van der Waals surface area contributed by atoms with Gasteiger partial charge in [0, 0.05) is 17.7 Å². The summed E-state index contributed by atoms with van der Waals surface area (Å²) in [6.45, 7) is 1.46. The lowest BCUT2D eigenvalue weighted by atomic mass is 10.0. The molecule has 0 fully saturated rings. The SMILES string of the molecule is COC(=O)C=Cc1cc(C(=O)OC)c(C)c([N+](=O)[O-])c1. The molecule has 0 saturated heterocycles. The topological polar surface area (TPSA) is 95.7 Å². The third-order valence-corrected chi connectivity index (χ3v) is 2.62. The predicted molar refractivity (Wildman–Crippen MR) is 70.2 cm³/mol. The molecule has 106 valence electrons. The van der Waals surface area contributed by atoms with Crippen molar-refractivity contribution < 1.29 is 24.0 Å². The number of carbonyl (C=O) groups is 2. The lowest BCUT2D eigenvalue weighted by molar-refractivity contribution is -0.385. The van der Waals surface area contributed by atoms with Crippen molar-refractivity contribution in [1.82, 2.24) is 0 Å². The van der Waals surface area contributed by atoms with Crippen LogP contribution in [-0.4, -0.2) is 31.1 Å². The highest BCUT2D eigenvalue weighted by molar-refractivity contribution is 5.94. The second-order valence-corrected chi connectivity index (χ2v) is 3.82. The fourth-order valence-electron chi connectivity index (χ4n) is 1.56. The van der Waals surface area contributed by atoms with Crippen LogP contribution in [0, 0.1) is 17.0 Å². The van der Waals surface area contributed by atoms with Crippen molar-refractivity contribution in [1.29, 1.82) is 0 Å². The first-order chi connectivity index (χ1) is 9.40. The maximum atomic E-state index is 11.6. The van der Waals surface area contributed by atoms with Crippen molar-refractivity contribution in [2.75, 3.05) is 14.2 Å². The number of nitrogens with zero attached hydrogens (tertiary/aromatic N) is 1. The molecule has 0 N–H and O–H groups in total. The Kier molecular flexibility index (Phi) is 4.96. The van der Waals surface area contributed by atoms with Gasteiger partial charge in [0.15, 0.2) is 0 Å². The molecule has 0 heterocycles. The number of nitro groups is 1. The summed E-state index contributed by atoms with van der Waals surface area (Å²) in [5, 5.41) is 11.0. The van der Waals surface area contributed by atoms with Gasteiger partial charge in [0.2, 0.25) is 0 Å². The molecular weight excluding hydrogens is 266 g/mol. The summed E-state index contributed by atoms with van der Waals surface area (Å²) >= 11 is 0. The monoisotopic (exact) mass is 279 g/mol. The van der Waals surface area contributed by atoms with Crippen LogP contribution in [0.1, 0.15) is 21.5 Å². The molecule has 20 heavy (non-hydrogen) atoms. The Balaban J connectivity index is 3.36. The van der Waals surface area contributed by atoms with Gasteiger partial charge in [-0.15, -0.1) is 0 Å². The van der Waals surface area contributed by atoms with E-state index in [9.17, 15) is 19.7 Å². The highest BCUT2D eigenvalue weighted by Crippen LogP contribution is 2.25. The smallest absolute Gasteiger partial charge is 0.338 e. The van der Waals surface area contributed by atoms with Crippen molar-refractivity contribution in [3.63, 3.8) is 0 Å². The van der Waals surface area contributed by atoms with Crippen LogP contribution in [0.15, 0.2) is 18.2 Å². The van der Waals surface area contributed by atoms with E-state index >= 15 is 0 Å². The molecular formula is C13H13NO6. The first-order valence-electron chi connectivity index (χ1n) is 5.54. The largest absolute Gasteiger partial charge is 0.466 e. The van der Waals surface area contributed by atoms with Gasteiger partial charge in [0.1, 0.15) is 0 Å². The van der Waals surface area contributed by atoms with Gasteiger partial charge < -0.3 is 9.47 Å². The maximum Gasteiger partial charge on any atom is 0.338 e. The quantitative estimate of drug-likeness (QED) is 0.361. The molecule has 1 aromatic carbocycles. The van der Waals surface area contributed by atoms with E-state index < -0.39 is 16.9 Å². The van der Waals surface area contributed by atoms with Gasteiger partial charge in [0.05, 0.1) is 24.7 Å². The van der Waals surface area contributed by atoms with Gasteiger partial charge in [0.25, 0.3) is 5.69 Å². The number of hydrogen-bond donors (Lipinski definition) is 0. The van der Waals surface area contributed by atoms with Gasteiger partial charge in [-0.2, -0.15) is 0 Å². The van der Waals surface area contributed by atoms with Crippen LogP contribution in [0.2, 0.25) is 0 Å². The molecule has 0 bridgehead atoms. The van der Waals surface area contributed by atoms with Gasteiger partial charge in [-0.05, 0) is 24.6 Å². The highest BCUT2D eigenvalue weighted by Gasteiger charge is 2.20. The first kappa shape index (κ1) is 15.4. The minimum atomic E-state index is -0.682. The molecule has 0 aliphatic carbocycles. The third kappa shape index (κ3) is 3.41. The molecule has 0 atom stereocenters. The van der Waals surface area contributed by atoms with Crippen molar-refractivity contribution >= 4 is 23.7 Å². The summed E-state index contributed by atoms with van der Waals surface area (Å²) in [5.41, 5.74) is 0.383. The van der Waals surface area contributed by atoms with Gasteiger partial charge in [-0.25, -0.2) is 9.59 Å². The van der Waals surface area contributed by atoms with Crippen LogP contribution in [0.5, 0.6) is 0 Å². The normalized spacial score (nSPS) is 10.3. The fourth-order valence-corrected chi connectivity index (χ4v) is 1.56. The molecule has 0 spiro atoms. The number of hydrogen-bond acceptors (Lipinski definition) is 6. The van der Waals surface area contributed by atoms with E-state index in [1.54, 1.807) is 0 Å². The van der Waals surface area contributed by atoms with Gasteiger partial charge in [-0.3, -0.25) is 10.1 Å². The molecule has 1 rings (SSSR count). The van der Waals surface area contributed by atoms with E-state index in [2.05, 4.69) is 9.47 Å². The molecule has 0 radical (unpaired) electrons. The molecule has 1 aromatic rings. The number of ether oxygens (including phenoxy) is 2. The summed E-state index contributed by atoms with van der Waals surface area (Å²) in [6.07, 6.45) is 2.43. The standard InChI is InChI=1S/C13H13NO6/c1-8-10(13(16)20-3)6-9(4-5-12(15)19-2)7-11(8)14(17)18/h4-7H,1-3H3. The third-order valence-electron chi connectivity index (χ3n) is 2.62. The number of nitro benzene ring substituents is 1. The van der Waals surface area contributed by atoms with Crippen LogP contribution >= 0.6 is 0 Å². The number of benzene rings is 1. The minimum absolute atomic E-state index is 0.0752. The Morgan fingerprint density at radius 1 is 1.25 bits per heavy atom. The zero-order chi connectivity index (χ0) is 15.3. The zero-order valence-electron chi connectivity index (χ0n) is 11.2. The maximum absolute atomic E-state index is 11.6. The minimum Gasteiger partial charge on any atom is -0.466 e. The van der Waals surface area contributed by atoms with E-state index in [1.165, 1.54) is 39.4 Å². The van der Waals surface area contributed by atoms with Gasteiger partial charge in [-0.1, -0.05) is 0 Å². The molecule has 0 amide bonds. The summed E-state index contributed by atoms with van der Waals surface area (Å²) in [5.74, 6) is -1.29. The van der Waals surface area contributed by atoms with Crippen LogP contribution in [-0.2, 0) is 14.3 Å². The summed E-state index contributed by atoms with van der Waals surface area (Å²) in [7, 11) is 2.40. The Morgan fingerprint density at radius 2 is 1.90 bits per heavy atom. The molecule has 0 saturated carbocycles. The number of carbonyl (C=O) groups excluding carboxylic acids is 2. The van der Waals surface area contributed by atoms with Crippen LogP contribution in [0.25, 0.3) is 6.08 Å². The first-order valence-corrected chi connectivity index (χ1v) is 5.54. The second kappa shape index (κ2) is 6.46. The van der Waals surface area contributed by atoms with E-state index in [-0.39, 0.29) is 16.8 Å². The lowest BCUT2D eigenvalue weighted by Gasteiger charge is -2.06. The van der Waals surface area contributed by atoms with Gasteiger partial charge >= 0.3 is 11.9 Å². The van der Waals surface area contributed by atoms with E-state index in [0.29, 0.717) is 5.56 Å². The molecule has 0 unspecified atom stereocenters. The number of methoxy groups -OCH3 is 2. The fraction of sp³-hybridized carbons (Fsp3) is 0.231. The highest BCUT2D eigenvalue weighted by atomic mass is 16.6. The predicted octanol–water partition coefficient (Wildman–Crippen LogP) is 1.88. The Labute approximate surface area is 114 Å². The molecule has 7 nitrogen and oxygen atoms in total. The summed E-state index contributed by atoms with van der Waals surface area (Å²) in [4.78, 5) is 33.0. The summed E-state index contributed by atoms with van der Waals surface area (Å²) < 4.78 is 9.00. The zero-order valence-corrected chi connectivity index (χ0v) is 11.2. The van der Waals surface area contributed by atoms with E-state index in [4.69, 9.17) is 0 Å². The number of rotatable bonds is 4. The number of esters is 2. The average Bonchev–Trinajstić information content (AvgIpc) is 2.44. The van der Waals surface area contributed by atoms with Crippen LogP contribution in [0.3, 0.4) is 0 Å². The molecule has 7 heteroatoms. The van der Waals surface area contributed by atoms with Crippen molar-refractivity contribution in [2.45, 2.75) is 6.92 Å². The molecule has 0 aromatic heterocycles. The Morgan fingerprint density at radius 3 is 2.40 bits per heavy atom. The van der Waals surface area contributed by atoms with Crippen molar-refractivity contribution in [3.05, 3.63) is 45.0 Å². The van der Waals surface area contributed by atoms with Crippen molar-refractivity contribution in [3.8, 4) is 0 Å². The van der Waals surface area contributed by atoms with Crippen LogP contribution < -0.4 is 0 Å². The lowest BCUT2D eigenvalue weighted by Crippen LogP contribution is -2.06. The van der Waals surface area contributed by atoms with Crippen LogP contribution in [0.4, 0.5) is 5.69 Å².